The van der Waals surface area contributed by atoms with Crippen molar-refractivity contribution < 1.29 is 37.5 Å². The van der Waals surface area contributed by atoms with Gasteiger partial charge in [0.25, 0.3) is 0 Å². The number of hydrogen-bond acceptors (Lipinski definition) is 9. The van der Waals surface area contributed by atoms with Crippen molar-refractivity contribution in [3.05, 3.63) is 0 Å². The average molecular weight is 397 g/mol. The van der Waals surface area contributed by atoms with Crippen LogP contribution in [0.1, 0.15) is 34.6 Å². The fraction of sp³-hybridized carbons (Fsp3) is 1.00. The quantitative estimate of drug-likeness (QED) is 0.396. The zero-order valence-corrected chi connectivity index (χ0v) is 17.3. The molecule has 2 saturated heterocycles. The average Bonchev–Trinajstić information content (AvgIpc) is 2.62. The summed E-state index contributed by atoms with van der Waals surface area (Å²) >= 11 is 0.508. The maximum Gasteiger partial charge on any atom is 0.194 e. The number of rotatable bonds is 7. The molecule has 0 aromatic heterocycles. The molecule has 0 amide bonds. The van der Waals surface area contributed by atoms with E-state index in [4.69, 9.17) is 33.1 Å². The first-order valence-electron chi connectivity index (χ1n) is 9.01. The van der Waals surface area contributed by atoms with Crippen molar-refractivity contribution in [3.63, 3.8) is 0 Å². The van der Waals surface area contributed by atoms with Gasteiger partial charge in [-0.2, -0.15) is 0 Å². The lowest BCUT2D eigenvalue weighted by atomic mass is 9.84. The Kier molecular flexibility index (Phi) is 8.58. The third-order valence-electron chi connectivity index (χ3n) is 5.65. The minimum absolute atomic E-state index is 0.0204. The zero-order chi connectivity index (χ0) is 19.4. The van der Waals surface area contributed by atoms with E-state index in [-0.39, 0.29) is 36.1 Å². The number of ether oxygens (including phenoxy) is 5. The maximum atomic E-state index is 8.64. The Bertz CT molecular complexity index is 428. The van der Waals surface area contributed by atoms with Gasteiger partial charge in [-0.15, -0.1) is 4.33 Å². The highest BCUT2D eigenvalue weighted by molar-refractivity contribution is 7.89. The van der Waals surface area contributed by atoms with E-state index in [1.807, 2.05) is 20.8 Å². The highest BCUT2D eigenvalue weighted by atomic mass is 32.2. The number of hydrogen-bond donors (Lipinski definition) is 1. The largest absolute Gasteiger partial charge is 0.378 e. The molecule has 2 aliphatic rings. The van der Waals surface area contributed by atoms with Crippen LogP contribution in [0.15, 0.2) is 0 Å². The predicted molar refractivity (Wildman–Crippen MR) is 95.0 cm³/mol. The molecule has 0 saturated carbocycles. The minimum atomic E-state index is -0.436. The van der Waals surface area contributed by atoms with Gasteiger partial charge in [0.2, 0.25) is 0 Å². The van der Waals surface area contributed by atoms with Crippen LogP contribution in [0.2, 0.25) is 0 Å². The summed E-state index contributed by atoms with van der Waals surface area (Å²) in [5.74, 6) is 0.262. The Morgan fingerprint density at radius 3 is 1.92 bits per heavy atom. The highest BCUT2D eigenvalue weighted by Crippen LogP contribution is 2.38. The molecular weight excluding hydrogens is 364 g/mol. The first-order valence-corrected chi connectivity index (χ1v) is 9.67. The first kappa shape index (κ1) is 22.3. The molecule has 2 rings (SSSR count). The second-order valence-corrected chi connectivity index (χ2v) is 7.71. The Labute approximate surface area is 160 Å². The van der Waals surface area contributed by atoms with Gasteiger partial charge in [-0.3, -0.25) is 4.18 Å². The van der Waals surface area contributed by atoms with E-state index in [1.54, 1.807) is 14.2 Å². The fourth-order valence-electron chi connectivity index (χ4n) is 3.90. The van der Waals surface area contributed by atoms with Crippen LogP contribution in [0.3, 0.4) is 0 Å². The van der Waals surface area contributed by atoms with Crippen molar-refractivity contribution in [2.24, 2.45) is 17.8 Å². The molecule has 0 aliphatic carbocycles. The van der Waals surface area contributed by atoms with E-state index in [0.717, 1.165) is 0 Å². The highest BCUT2D eigenvalue weighted by Gasteiger charge is 2.48. The van der Waals surface area contributed by atoms with Crippen LogP contribution in [0, 0.1) is 17.8 Å². The summed E-state index contributed by atoms with van der Waals surface area (Å²) in [5, 5.41) is 8.64. The molecule has 0 aromatic carbocycles. The van der Waals surface area contributed by atoms with Crippen molar-refractivity contribution in [1.82, 2.24) is 0 Å². The molecule has 10 atom stereocenters. The smallest absolute Gasteiger partial charge is 0.194 e. The molecule has 0 spiro atoms. The van der Waals surface area contributed by atoms with Crippen LogP contribution in [0.5, 0.6) is 0 Å². The SMILES string of the molecule is COC1C(C)O[C@@H](OC2C(C)O[C@@H](OC)C(C)[C@H]2OSOO)C(C)[C@@H]1C. The summed E-state index contributed by atoms with van der Waals surface area (Å²) in [7, 11) is 3.29. The molecule has 0 aromatic rings. The van der Waals surface area contributed by atoms with E-state index in [1.165, 1.54) is 0 Å². The zero-order valence-electron chi connectivity index (χ0n) is 16.5. The van der Waals surface area contributed by atoms with Crippen LogP contribution >= 0.6 is 12.3 Å². The molecule has 2 fully saturated rings. The Balaban J connectivity index is 2.13. The minimum Gasteiger partial charge on any atom is -0.378 e. The van der Waals surface area contributed by atoms with Crippen molar-refractivity contribution >= 4 is 12.3 Å². The molecule has 2 aliphatic heterocycles. The molecule has 6 unspecified atom stereocenters. The maximum absolute atomic E-state index is 8.64. The lowest BCUT2D eigenvalue weighted by molar-refractivity contribution is -0.327. The summed E-state index contributed by atoms with van der Waals surface area (Å²) in [4.78, 5) is 0. The topological polar surface area (TPSA) is 84.8 Å². The Morgan fingerprint density at radius 1 is 0.731 bits per heavy atom. The van der Waals surface area contributed by atoms with E-state index in [2.05, 4.69) is 18.2 Å². The van der Waals surface area contributed by atoms with Gasteiger partial charge in [0, 0.05) is 26.1 Å². The van der Waals surface area contributed by atoms with E-state index < -0.39 is 24.8 Å². The lowest BCUT2D eigenvalue weighted by Gasteiger charge is -2.48. The molecule has 8 nitrogen and oxygen atoms in total. The van der Waals surface area contributed by atoms with Crippen LogP contribution in [0.4, 0.5) is 0 Å². The van der Waals surface area contributed by atoms with E-state index >= 15 is 0 Å². The van der Waals surface area contributed by atoms with Crippen molar-refractivity contribution in [3.8, 4) is 0 Å². The van der Waals surface area contributed by atoms with Crippen LogP contribution in [-0.2, 0) is 32.2 Å². The molecular formula is C17H32O8S. The second kappa shape index (κ2) is 9.99. The monoisotopic (exact) mass is 396 g/mol. The summed E-state index contributed by atoms with van der Waals surface area (Å²) in [6.45, 7) is 10.1. The molecule has 2 heterocycles. The third-order valence-corrected chi connectivity index (χ3v) is 6.01. The van der Waals surface area contributed by atoms with Gasteiger partial charge in [0.15, 0.2) is 24.9 Å². The van der Waals surface area contributed by atoms with Crippen molar-refractivity contribution in [2.45, 2.75) is 77.7 Å². The van der Waals surface area contributed by atoms with Crippen LogP contribution in [-0.4, -0.2) is 62.6 Å². The first-order chi connectivity index (χ1) is 12.3. The standard InChI is InChI=1S/C17H32O8S/c1-8-9(2)17(22-11(4)13(8)19-6)23-15-12(5)21-16(20-7)10(3)14(15)24-26-25-18/h8-18H,1-7H3/t8-,9?,10?,11?,12?,13?,14+,15?,16+,17-/m0/s1. The van der Waals surface area contributed by atoms with Gasteiger partial charge in [0.1, 0.15) is 12.2 Å². The van der Waals surface area contributed by atoms with Crippen molar-refractivity contribution in [2.75, 3.05) is 14.2 Å². The van der Waals surface area contributed by atoms with Gasteiger partial charge in [-0.25, -0.2) is 5.26 Å². The summed E-state index contributed by atoms with van der Waals surface area (Å²) in [6.07, 6.45) is -2.04. The molecule has 0 bridgehead atoms. The third kappa shape index (κ3) is 4.71. The summed E-state index contributed by atoms with van der Waals surface area (Å²) in [5.41, 5.74) is 0. The second-order valence-electron chi connectivity index (χ2n) is 7.24. The number of methoxy groups -OCH3 is 2. The molecule has 26 heavy (non-hydrogen) atoms. The summed E-state index contributed by atoms with van der Waals surface area (Å²) < 4.78 is 38.9. The van der Waals surface area contributed by atoms with E-state index in [9.17, 15) is 0 Å². The van der Waals surface area contributed by atoms with E-state index in [0.29, 0.717) is 12.3 Å². The predicted octanol–water partition coefficient (Wildman–Crippen LogP) is 2.87. The fourth-order valence-corrected chi connectivity index (χ4v) is 4.31. The van der Waals surface area contributed by atoms with Gasteiger partial charge in [-0.05, 0) is 19.8 Å². The Morgan fingerprint density at radius 2 is 1.35 bits per heavy atom. The molecule has 0 radical (unpaired) electrons. The van der Waals surface area contributed by atoms with Crippen LogP contribution < -0.4 is 0 Å². The summed E-state index contributed by atoms with van der Waals surface area (Å²) in [6, 6.07) is 0. The molecule has 154 valence electrons. The molecule has 1 N–H and O–H groups in total. The normalized spacial score (nSPS) is 47.1. The van der Waals surface area contributed by atoms with Gasteiger partial charge in [-0.1, -0.05) is 20.8 Å². The van der Waals surface area contributed by atoms with Gasteiger partial charge < -0.3 is 23.7 Å². The van der Waals surface area contributed by atoms with Gasteiger partial charge in [0.05, 0.1) is 18.3 Å². The Hall–Kier alpha value is 0.0300. The molecule has 9 heteroatoms. The van der Waals surface area contributed by atoms with Crippen LogP contribution in [0.25, 0.3) is 0 Å². The van der Waals surface area contributed by atoms with Crippen molar-refractivity contribution in [1.29, 1.82) is 0 Å². The van der Waals surface area contributed by atoms with Gasteiger partial charge >= 0.3 is 0 Å². The lowest BCUT2D eigenvalue weighted by Crippen LogP contribution is -2.58.